The number of allylic oxidation sites excluding steroid dienone is 1. The first-order valence-electron chi connectivity index (χ1n) is 14.0. The summed E-state index contributed by atoms with van der Waals surface area (Å²) >= 11 is 1.62. The van der Waals surface area contributed by atoms with Crippen molar-refractivity contribution >= 4 is 35.2 Å². The highest BCUT2D eigenvalue weighted by Crippen LogP contribution is 2.69. The minimum absolute atomic E-state index is 0.0338. The molecule has 1 spiro atoms. The average Bonchev–Trinajstić information content (AvgIpc) is 3.50. The van der Waals surface area contributed by atoms with Gasteiger partial charge in [-0.15, -0.1) is 24.9 Å². The maximum atomic E-state index is 14.7. The molecule has 2 bridgehead atoms. The molecule has 212 valence electrons. The van der Waals surface area contributed by atoms with E-state index >= 15 is 0 Å². The van der Waals surface area contributed by atoms with Crippen molar-refractivity contribution in [3.8, 4) is 0 Å². The molecule has 3 aliphatic heterocycles. The highest BCUT2D eigenvalue weighted by molar-refractivity contribution is 8.02. The zero-order valence-electron chi connectivity index (χ0n) is 23.6. The molecule has 2 amide bonds. The number of hydrogen-bond donors (Lipinski definition) is 1. The number of likely N-dealkylation sites (tertiary alicyclic amines) is 1. The summed E-state index contributed by atoms with van der Waals surface area (Å²) < 4.78 is 4.93. The molecule has 0 aromatic heterocycles. The van der Waals surface area contributed by atoms with Crippen LogP contribution in [-0.4, -0.2) is 69.6 Å². The number of thioether (sulfide) groups is 1. The third-order valence-electron chi connectivity index (χ3n) is 8.76. The number of para-hydroxylation sites is 1. The number of esters is 1. The normalized spacial score (nSPS) is 29.7. The van der Waals surface area contributed by atoms with Gasteiger partial charge in [0, 0.05) is 17.5 Å². The van der Waals surface area contributed by atoms with Crippen molar-refractivity contribution in [1.29, 1.82) is 0 Å². The lowest BCUT2D eigenvalue weighted by molar-refractivity contribution is -0.155. The number of unbranched alkanes of at least 4 members (excludes halogenated alkanes) is 2. The number of nitrogens with zero attached hydrogens (tertiary/aromatic N) is 2. The number of carbonyl (C=O) groups is 3. The number of rotatable bonds is 12. The predicted molar refractivity (Wildman–Crippen MR) is 156 cm³/mol. The molecule has 0 aliphatic carbocycles. The van der Waals surface area contributed by atoms with Gasteiger partial charge < -0.3 is 19.6 Å². The van der Waals surface area contributed by atoms with Crippen LogP contribution in [0.3, 0.4) is 0 Å². The zero-order chi connectivity index (χ0) is 28.5. The number of hydrogen-bond acceptors (Lipinski definition) is 6. The van der Waals surface area contributed by atoms with E-state index < -0.39 is 28.7 Å². The van der Waals surface area contributed by atoms with Gasteiger partial charge in [0.1, 0.15) is 6.04 Å². The fraction of sp³-hybridized carbons (Fsp3) is 0.581. The Balaban J connectivity index is 1.74. The van der Waals surface area contributed by atoms with E-state index in [0.717, 1.165) is 42.5 Å². The lowest BCUT2D eigenvalue weighted by Gasteiger charge is -2.42. The van der Waals surface area contributed by atoms with Gasteiger partial charge in [0.15, 0.2) is 0 Å². The SMILES string of the molecule is C=CCCCCOC(=O)[C@@H]1[C@@H]2CC(C)C3(S2)C(C(=O)N(CC=C)c2c(C)cccc2C)N([C@H](C)CO)C(=O)[C@H]13. The summed E-state index contributed by atoms with van der Waals surface area (Å²) in [5.41, 5.74) is 2.73. The van der Waals surface area contributed by atoms with Crippen LogP contribution in [0.2, 0.25) is 0 Å². The summed E-state index contributed by atoms with van der Waals surface area (Å²) in [5, 5.41) is 10.1. The fourth-order valence-corrected chi connectivity index (χ4v) is 9.42. The van der Waals surface area contributed by atoms with Crippen molar-refractivity contribution in [3.63, 3.8) is 0 Å². The number of aliphatic hydroxyl groups is 1. The second-order valence-electron chi connectivity index (χ2n) is 11.3. The molecule has 4 rings (SSSR count). The van der Waals surface area contributed by atoms with Crippen LogP contribution in [0.5, 0.6) is 0 Å². The molecule has 7 nitrogen and oxygen atoms in total. The van der Waals surface area contributed by atoms with Crippen LogP contribution in [0.15, 0.2) is 43.5 Å². The lowest BCUT2D eigenvalue weighted by atomic mass is 9.66. The molecule has 8 heteroatoms. The molecule has 3 aliphatic rings. The summed E-state index contributed by atoms with van der Waals surface area (Å²) in [6.07, 6.45) is 6.77. The van der Waals surface area contributed by atoms with Crippen molar-refractivity contribution < 1.29 is 24.2 Å². The monoisotopic (exact) mass is 554 g/mol. The molecule has 1 aromatic carbocycles. The van der Waals surface area contributed by atoms with Crippen molar-refractivity contribution in [2.75, 3.05) is 24.7 Å². The summed E-state index contributed by atoms with van der Waals surface area (Å²) in [5.74, 6) is -2.00. The van der Waals surface area contributed by atoms with Crippen LogP contribution in [0, 0.1) is 31.6 Å². The van der Waals surface area contributed by atoms with Crippen LogP contribution >= 0.6 is 11.8 Å². The fourth-order valence-electron chi connectivity index (χ4n) is 7.03. The quantitative estimate of drug-likeness (QED) is 0.234. The van der Waals surface area contributed by atoms with Gasteiger partial charge in [0.2, 0.25) is 5.91 Å². The maximum Gasteiger partial charge on any atom is 0.310 e. The van der Waals surface area contributed by atoms with Crippen LogP contribution in [0.1, 0.15) is 50.7 Å². The van der Waals surface area contributed by atoms with Gasteiger partial charge in [0.05, 0.1) is 35.8 Å². The van der Waals surface area contributed by atoms with E-state index in [1.807, 2.05) is 38.1 Å². The summed E-state index contributed by atoms with van der Waals surface area (Å²) in [6, 6.07) is 4.52. The van der Waals surface area contributed by atoms with E-state index in [2.05, 4.69) is 20.1 Å². The number of aliphatic hydroxyl groups excluding tert-OH is 1. The number of ether oxygens (including phenoxy) is 1. The highest BCUT2D eigenvalue weighted by Gasteiger charge is 2.77. The lowest BCUT2D eigenvalue weighted by Crippen LogP contribution is -2.59. The van der Waals surface area contributed by atoms with Gasteiger partial charge >= 0.3 is 5.97 Å². The topological polar surface area (TPSA) is 87.2 Å². The molecule has 0 radical (unpaired) electrons. The van der Waals surface area contributed by atoms with E-state index in [1.54, 1.807) is 34.6 Å². The van der Waals surface area contributed by atoms with Gasteiger partial charge in [-0.2, -0.15) is 0 Å². The van der Waals surface area contributed by atoms with Gasteiger partial charge in [-0.25, -0.2) is 0 Å². The minimum atomic E-state index is -0.813. The molecular weight excluding hydrogens is 512 g/mol. The summed E-state index contributed by atoms with van der Waals surface area (Å²) in [7, 11) is 0. The largest absolute Gasteiger partial charge is 0.465 e. The summed E-state index contributed by atoms with van der Waals surface area (Å²) in [6.45, 7) is 15.8. The predicted octanol–water partition coefficient (Wildman–Crippen LogP) is 4.44. The number of amides is 2. The van der Waals surface area contributed by atoms with E-state index in [4.69, 9.17) is 4.74 Å². The second-order valence-corrected chi connectivity index (χ2v) is 12.8. The van der Waals surface area contributed by atoms with Crippen molar-refractivity contribution in [3.05, 3.63) is 54.6 Å². The van der Waals surface area contributed by atoms with Crippen LogP contribution in [-0.2, 0) is 19.1 Å². The van der Waals surface area contributed by atoms with Gasteiger partial charge in [-0.05, 0) is 63.5 Å². The third kappa shape index (κ3) is 4.84. The molecule has 3 unspecified atom stereocenters. The first-order chi connectivity index (χ1) is 18.6. The van der Waals surface area contributed by atoms with Crippen molar-refractivity contribution in [2.45, 2.75) is 75.5 Å². The molecule has 7 atom stereocenters. The van der Waals surface area contributed by atoms with E-state index in [9.17, 15) is 19.5 Å². The third-order valence-corrected chi connectivity index (χ3v) is 10.8. The number of aryl methyl sites for hydroxylation is 2. The number of carbonyl (C=O) groups excluding carboxylic acids is 3. The van der Waals surface area contributed by atoms with Gasteiger partial charge in [-0.1, -0.05) is 37.3 Å². The molecule has 39 heavy (non-hydrogen) atoms. The molecular formula is C31H42N2O5S. The van der Waals surface area contributed by atoms with E-state index in [1.165, 1.54) is 0 Å². The first kappa shape index (κ1) is 29.4. The number of benzene rings is 1. The first-order valence-corrected chi connectivity index (χ1v) is 14.9. The number of anilines is 1. The van der Waals surface area contributed by atoms with Crippen LogP contribution < -0.4 is 4.90 Å². The smallest absolute Gasteiger partial charge is 0.310 e. The van der Waals surface area contributed by atoms with Gasteiger partial charge in [-0.3, -0.25) is 14.4 Å². The Kier molecular flexibility index (Phi) is 8.96. The molecule has 3 fully saturated rings. The molecule has 0 saturated carbocycles. The van der Waals surface area contributed by atoms with Gasteiger partial charge in [0.25, 0.3) is 5.91 Å². The Bertz CT molecular complexity index is 1120. The van der Waals surface area contributed by atoms with Crippen molar-refractivity contribution in [2.24, 2.45) is 17.8 Å². The van der Waals surface area contributed by atoms with Crippen molar-refractivity contribution in [1.82, 2.24) is 4.90 Å². The Morgan fingerprint density at radius 1 is 1.26 bits per heavy atom. The Morgan fingerprint density at radius 3 is 2.56 bits per heavy atom. The Hall–Kier alpha value is -2.58. The summed E-state index contributed by atoms with van der Waals surface area (Å²) in [4.78, 5) is 45.7. The van der Waals surface area contributed by atoms with E-state index in [-0.39, 0.29) is 42.1 Å². The molecule has 3 saturated heterocycles. The Labute approximate surface area is 236 Å². The molecule has 3 heterocycles. The Morgan fingerprint density at radius 2 is 1.95 bits per heavy atom. The zero-order valence-corrected chi connectivity index (χ0v) is 24.4. The second kappa shape index (κ2) is 11.9. The van der Waals surface area contributed by atoms with E-state index in [0.29, 0.717) is 6.61 Å². The van der Waals surface area contributed by atoms with Crippen LogP contribution in [0.4, 0.5) is 5.69 Å². The molecule has 1 aromatic rings. The maximum absolute atomic E-state index is 14.7. The average molecular weight is 555 g/mol. The molecule has 1 N–H and O–H groups in total. The standard InChI is InChI=1S/C31H42N2O5S/c1-7-9-10-11-16-38-30(37)24-23-17-21(5)31(39-23)25(24)28(35)33(22(6)18-34)27(31)29(36)32(15-8-2)26-19(3)13-12-14-20(26)4/h7-8,12-14,21-25,27,34H,1-2,9-11,15-18H2,3-6H3/t21?,22-,23+,24-,25+,27?,31?/m1/s1. The van der Waals surface area contributed by atoms with Crippen LogP contribution in [0.25, 0.3) is 0 Å². The highest BCUT2D eigenvalue weighted by atomic mass is 32.2. The minimum Gasteiger partial charge on any atom is -0.465 e. The number of fused-ring (bicyclic) bond motifs is 1.